The molecule has 0 N–H and O–H groups in total. The van der Waals surface area contributed by atoms with Gasteiger partial charge in [-0.25, -0.2) is 0 Å². The predicted octanol–water partition coefficient (Wildman–Crippen LogP) is 4.29. The molecule has 0 spiro atoms. The molecule has 0 aliphatic carbocycles. The van der Waals surface area contributed by atoms with E-state index in [4.69, 9.17) is 0 Å². The number of nitrogens with zero attached hydrogens (tertiary/aromatic N) is 2. The van der Waals surface area contributed by atoms with Crippen LogP contribution in [0.2, 0.25) is 0 Å². The van der Waals surface area contributed by atoms with Crippen LogP contribution < -0.4 is 0 Å². The summed E-state index contributed by atoms with van der Waals surface area (Å²) in [4.78, 5) is 17.7. The van der Waals surface area contributed by atoms with Crippen LogP contribution >= 0.6 is 12.4 Å². The van der Waals surface area contributed by atoms with Crippen molar-refractivity contribution in [2.45, 2.75) is 57.9 Å². The maximum Gasteiger partial charge on any atom is 0.254 e. The number of hydrogen-bond acceptors (Lipinski definition) is 2. The van der Waals surface area contributed by atoms with Crippen molar-refractivity contribution in [2.75, 3.05) is 26.2 Å². The van der Waals surface area contributed by atoms with Gasteiger partial charge in [-0.1, -0.05) is 24.1 Å². The predicted molar refractivity (Wildman–Crippen MR) is 102 cm³/mol. The summed E-state index contributed by atoms with van der Waals surface area (Å²) in [6.45, 7) is 6.64. The van der Waals surface area contributed by atoms with Crippen LogP contribution in [0.25, 0.3) is 0 Å². The fourth-order valence-corrected chi connectivity index (χ4v) is 4.03. The van der Waals surface area contributed by atoms with Gasteiger partial charge in [0.05, 0.1) is 0 Å². The first-order valence-electron chi connectivity index (χ1n) is 9.34. The number of piperidine rings is 2. The Kier molecular flexibility index (Phi) is 7.57. The molecule has 4 heteroatoms. The number of aryl methyl sites for hydroxylation is 1. The highest BCUT2D eigenvalue weighted by molar-refractivity contribution is 5.94. The third kappa shape index (κ3) is 4.97. The molecule has 0 aromatic heterocycles. The van der Waals surface area contributed by atoms with Gasteiger partial charge >= 0.3 is 0 Å². The fraction of sp³-hybridized carbons (Fsp3) is 0.650. The zero-order valence-corrected chi connectivity index (χ0v) is 15.7. The smallest absolute Gasteiger partial charge is 0.254 e. The number of rotatable bonds is 4. The van der Waals surface area contributed by atoms with Crippen molar-refractivity contribution in [3.05, 3.63) is 35.4 Å². The van der Waals surface area contributed by atoms with Gasteiger partial charge in [-0.3, -0.25) is 4.79 Å². The molecule has 2 saturated heterocycles. The van der Waals surface area contributed by atoms with Gasteiger partial charge in [-0.05, 0) is 70.7 Å². The number of carbonyl (C=O) groups excluding carboxylic acids is 1. The van der Waals surface area contributed by atoms with E-state index in [0.29, 0.717) is 6.04 Å². The highest BCUT2D eigenvalue weighted by Crippen LogP contribution is 2.23. The lowest BCUT2D eigenvalue weighted by molar-refractivity contribution is 0.0579. The summed E-state index contributed by atoms with van der Waals surface area (Å²) >= 11 is 0. The van der Waals surface area contributed by atoms with Gasteiger partial charge in [0.2, 0.25) is 0 Å². The second-order valence-electron chi connectivity index (χ2n) is 7.21. The molecule has 2 fully saturated rings. The molecule has 2 aliphatic heterocycles. The summed E-state index contributed by atoms with van der Waals surface area (Å²) in [5, 5.41) is 0. The van der Waals surface area contributed by atoms with Crippen LogP contribution in [0.1, 0.15) is 60.9 Å². The SMILES string of the molecule is Cc1cccc(C(=O)N2CCCCC2CCN2CCCCC2)c1.Cl. The minimum absolute atomic E-state index is 0. The molecule has 1 atom stereocenters. The maximum atomic E-state index is 12.9. The summed E-state index contributed by atoms with van der Waals surface area (Å²) in [7, 11) is 0. The van der Waals surface area contributed by atoms with Crippen molar-refractivity contribution in [2.24, 2.45) is 0 Å². The van der Waals surface area contributed by atoms with Gasteiger partial charge in [-0.15, -0.1) is 12.4 Å². The molecular weight excluding hydrogens is 320 g/mol. The summed E-state index contributed by atoms with van der Waals surface area (Å²) in [5.41, 5.74) is 2.02. The third-order valence-corrected chi connectivity index (χ3v) is 5.38. The molecule has 1 aromatic carbocycles. The Morgan fingerprint density at radius 1 is 1.08 bits per heavy atom. The van der Waals surface area contributed by atoms with Gasteiger partial charge in [0, 0.05) is 24.7 Å². The van der Waals surface area contributed by atoms with Crippen LogP contribution in [-0.4, -0.2) is 47.9 Å². The van der Waals surface area contributed by atoms with Gasteiger partial charge in [0.15, 0.2) is 0 Å². The van der Waals surface area contributed by atoms with Crippen molar-refractivity contribution in [3.63, 3.8) is 0 Å². The van der Waals surface area contributed by atoms with E-state index >= 15 is 0 Å². The van der Waals surface area contributed by atoms with Gasteiger partial charge in [-0.2, -0.15) is 0 Å². The number of hydrogen-bond donors (Lipinski definition) is 0. The Labute approximate surface area is 152 Å². The van der Waals surface area contributed by atoms with Gasteiger partial charge in [0.25, 0.3) is 5.91 Å². The Hall–Kier alpha value is -1.06. The van der Waals surface area contributed by atoms with Crippen molar-refractivity contribution in [3.8, 4) is 0 Å². The average Bonchev–Trinajstić information content (AvgIpc) is 2.60. The van der Waals surface area contributed by atoms with E-state index in [9.17, 15) is 4.79 Å². The van der Waals surface area contributed by atoms with E-state index in [1.54, 1.807) is 0 Å². The molecule has 1 unspecified atom stereocenters. The molecule has 3 nitrogen and oxygen atoms in total. The Balaban J connectivity index is 0.00000208. The monoisotopic (exact) mass is 350 g/mol. The maximum absolute atomic E-state index is 12.9. The summed E-state index contributed by atoms with van der Waals surface area (Å²) < 4.78 is 0. The second kappa shape index (κ2) is 9.43. The molecular formula is C20H31ClN2O. The van der Waals surface area contributed by atoms with Crippen molar-refractivity contribution < 1.29 is 4.79 Å². The van der Waals surface area contributed by atoms with E-state index in [-0.39, 0.29) is 18.3 Å². The van der Waals surface area contributed by atoms with Crippen molar-refractivity contribution in [1.82, 2.24) is 9.80 Å². The van der Waals surface area contributed by atoms with Crippen LogP contribution in [0.15, 0.2) is 24.3 Å². The Morgan fingerprint density at radius 3 is 2.58 bits per heavy atom. The number of likely N-dealkylation sites (tertiary alicyclic amines) is 2. The van der Waals surface area contributed by atoms with E-state index < -0.39 is 0 Å². The quantitative estimate of drug-likeness (QED) is 0.808. The summed E-state index contributed by atoms with van der Waals surface area (Å²) in [5.74, 6) is 0.233. The first-order valence-corrected chi connectivity index (χ1v) is 9.34. The normalized spacial score (nSPS) is 22.0. The van der Waals surface area contributed by atoms with Crippen LogP contribution in [0.3, 0.4) is 0 Å². The van der Waals surface area contributed by atoms with Gasteiger partial charge < -0.3 is 9.80 Å². The Bertz CT molecular complexity index is 528. The van der Waals surface area contributed by atoms with Crippen LogP contribution in [0.5, 0.6) is 0 Å². The Morgan fingerprint density at radius 2 is 1.83 bits per heavy atom. The number of carbonyl (C=O) groups is 1. The number of halogens is 1. The van der Waals surface area contributed by atoms with Crippen molar-refractivity contribution in [1.29, 1.82) is 0 Å². The lowest BCUT2D eigenvalue weighted by Gasteiger charge is -2.37. The summed E-state index contributed by atoms with van der Waals surface area (Å²) in [6, 6.07) is 8.47. The zero-order valence-electron chi connectivity index (χ0n) is 14.9. The molecule has 24 heavy (non-hydrogen) atoms. The molecule has 1 amide bonds. The molecule has 0 saturated carbocycles. The largest absolute Gasteiger partial charge is 0.336 e. The summed E-state index contributed by atoms with van der Waals surface area (Å²) in [6.07, 6.45) is 8.80. The minimum atomic E-state index is 0. The molecule has 1 aromatic rings. The number of benzene rings is 1. The van der Waals surface area contributed by atoms with E-state index in [2.05, 4.69) is 22.8 Å². The lowest BCUT2D eigenvalue weighted by Crippen LogP contribution is -2.45. The van der Waals surface area contributed by atoms with Crippen LogP contribution in [0, 0.1) is 6.92 Å². The fourth-order valence-electron chi connectivity index (χ4n) is 4.03. The van der Waals surface area contributed by atoms with Crippen LogP contribution in [0.4, 0.5) is 0 Å². The van der Waals surface area contributed by atoms with E-state index in [1.807, 2.05) is 18.2 Å². The highest BCUT2D eigenvalue weighted by Gasteiger charge is 2.27. The standard InChI is InChI=1S/C20H30N2O.ClH/c1-17-8-7-9-18(16-17)20(23)22-14-6-3-10-19(22)11-15-21-12-4-2-5-13-21;/h7-9,16,19H,2-6,10-15H2,1H3;1H. The first kappa shape index (κ1) is 19.3. The van der Waals surface area contributed by atoms with Crippen molar-refractivity contribution >= 4 is 18.3 Å². The van der Waals surface area contributed by atoms with Gasteiger partial charge in [0.1, 0.15) is 0 Å². The number of amides is 1. The molecule has 2 heterocycles. The molecule has 3 rings (SSSR count). The second-order valence-corrected chi connectivity index (χ2v) is 7.21. The minimum Gasteiger partial charge on any atom is -0.336 e. The molecule has 134 valence electrons. The third-order valence-electron chi connectivity index (χ3n) is 5.38. The average molecular weight is 351 g/mol. The first-order chi connectivity index (χ1) is 11.2. The van der Waals surface area contributed by atoms with Crippen LogP contribution in [-0.2, 0) is 0 Å². The molecule has 0 radical (unpaired) electrons. The molecule has 0 bridgehead atoms. The van der Waals surface area contributed by atoms with E-state index in [0.717, 1.165) is 37.1 Å². The van der Waals surface area contributed by atoms with E-state index in [1.165, 1.54) is 45.2 Å². The topological polar surface area (TPSA) is 23.6 Å². The lowest BCUT2D eigenvalue weighted by atomic mass is 9.97. The zero-order chi connectivity index (χ0) is 16.1. The highest BCUT2D eigenvalue weighted by atomic mass is 35.5. The molecule has 2 aliphatic rings.